The minimum absolute atomic E-state index is 0.677. The quantitative estimate of drug-likeness (QED) is 0.250. The first-order valence-electron chi connectivity index (χ1n) is 2.02. The Kier molecular flexibility index (Phi) is 2.32. The first kappa shape index (κ1) is 7.80. The lowest BCUT2D eigenvalue weighted by atomic mass is 10.3. The molecule has 0 fully saturated rings. The Morgan fingerprint density at radius 1 is 1.38 bits per heavy atom. The van der Waals surface area contributed by atoms with Crippen molar-refractivity contribution < 1.29 is 20.4 Å². The van der Waals surface area contributed by atoms with Gasteiger partial charge in [0.15, 0.2) is 0 Å². The van der Waals surface area contributed by atoms with E-state index in [4.69, 9.17) is 26.2 Å². The van der Waals surface area contributed by atoms with E-state index >= 15 is 0 Å². The molecule has 1 atom stereocenters. The second-order valence-corrected chi connectivity index (χ2v) is 1.48. The number of aliphatic hydroxyl groups excluding tert-OH is 1. The zero-order valence-electron chi connectivity index (χ0n) is 4.15. The van der Waals surface area contributed by atoms with E-state index in [0.717, 1.165) is 0 Å². The van der Waals surface area contributed by atoms with Crippen molar-refractivity contribution in [2.75, 3.05) is 6.61 Å². The van der Waals surface area contributed by atoms with E-state index in [1.165, 1.54) is 0 Å². The largest absolute Gasteiger partial charge is 0.394 e. The van der Waals surface area contributed by atoms with Crippen LogP contribution in [0.25, 0.3) is 0 Å². The second kappa shape index (κ2) is 2.38. The first-order valence-corrected chi connectivity index (χ1v) is 2.02. The van der Waals surface area contributed by atoms with Gasteiger partial charge in [0, 0.05) is 0 Å². The fourth-order valence-corrected chi connectivity index (χ4v) is 0.122. The monoisotopic (exact) mass is 123 g/mol. The molecule has 0 aliphatic rings. The van der Waals surface area contributed by atoms with E-state index in [1.54, 1.807) is 0 Å². The molecule has 5 heteroatoms. The Labute approximate surface area is 46.0 Å². The summed E-state index contributed by atoms with van der Waals surface area (Å²) in [7, 11) is 0. The van der Waals surface area contributed by atoms with Crippen molar-refractivity contribution in [2.24, 2.45) is 5.73 Å². The zero-order valence-corrected chi connectivity index (χ0v) is 4.15. The maximum absolute atomic E-state index is 8.11. The van der Waals surface area contributed by atoms with Crippen LogP contribution in [0.5, 0.6) is 0 Å². The Balaban J connectivity index is 3.62. The van der Waals surface area contributed by atoms with E-state index < -0.39 is 18.6 Å². The summed E-state index contributed by atoms with van der Waals surface area (Å²) in [5.74, 6) is -2.96. The molecule has 0 aliphatic heterocycles. The average molecular weight is 123 g/mol. The van der Waals surface area contributed by atoms with Crippen LogP contribution >= 0.6 is 0 Å². The lowest BCUT2D eigenvalue weighted by Gasteiger charge is -2.19. The lowest BCUT2D eigenvalue weighted by Crippen LogP contribution is -2.50. The molecule has 5 nitrogen and oxygen atoms in total. The Morgan fingerprint density at radius 2 is 1.75 bits per heavy atom. The van der Waals surface area contributed by atoms with Crippen LogP contribution in [-0.4, -0.2) is 39.0 Å². The molecule has 6 N–H and O–H groups in total. The van der Waals surface area contributed by atoms with Crippen LogP contribution in [0.15, 0.2) is 0 Å². The van der Waals surface area contributed by atoms with Crippen molar-refractivity contribution in [1.82, 2.24) is 0 Å². The Hall–Kier alpha value is -0.200. The number of rotatable bonds is 2. The fraction of sp³-hybridized carbons (Fsp3) is 1.00. The minimum atomic E-state index is -2.96. The van der Waals surface area contributed by atoms with Gasteiger partial charge in [-0.1, -0.05) is 0 Å². The number of aliphatic hydroxyl groups is 4. The third-order valence-electron chi connectivity index (χ3n) is 0.694. The number of hydrogen-bond donors (Lipinski definition) is 5. The third kappa shape index (κ3) is 2.20. The summed E-state index contributed by atoms with van der Waals surface area (Å²) >= 11 is 0. The molecule has 0 spiro atoms. The summed E-state index contributed by atoms with van der Waals surface area (Å²) in [5, 5.41) is 32.4. The van der Waals surface area contributed by atoms with Crippen LogP contribution in [0, 0.1) is 0 Å². The van der Waals surface area contributed by atoms with Crippen molar-refractivity contribution >= 4 is 0 Å². The maximum atomic E-state index is 8.11. The summed E-state index contributed by atoms with van der Waals surface area (Å²) < 4.78 is 0. The molecule has 0 bridgehead atoms. The van der Waals surface area contributed by atoms with Gasteiger partial charge in [0.1, 0.15) is 6.04 Å². The lowest BCUT2D eigenvalue weighted by molar-refractivity contribution is -0.325. The average Bonchev–Trinajstić information content (AvgIpc) is 1.62. The van der Waals surface area contributed by atoms with E-state index in [-0.39, 0.29) is 0 Å². The van der Waals surface area contributed by atoms with Crippen LogP contribution < -0.4 is 5.73 Å². The van der Waals surface area contributed by atoms with Gasteiger partial charge in [-0.2, -0.15) is 0 Å². The Bertz CT molecular complexity index is 68.2. The summed E-state index contributed by atoms with van der Waals surface area (Å²) in [6, 6.07) is -1.43. The van der Waals surface area contributed by atoms with Gasteiger partial charge in [-0.25, -0.2) is 0 Å². The van der Waals surface area contributed by atoms with Crippen molar-refractivity contribution in [3.05, 3.63) is 0 Å². The Morgan fingerprint density at radius 3 is 1.75 bits per heavy atom. The number of nitrogens with two attached hydrogens (primary N) is 1. The molecule has 0 amide bonds. The minimum Gasteiger partial charge on any atom is -0.394 e. The van der Waals surface area contributed by atoms with Gasteiger partial charge in [-0.05, 0) is 0 Å². The smallest absolute Gasteiger partial charge is 0.293 e. The third-order valence-corrected chi connectivity index (χ3v) is 0.694. The van der Waals surface area contributed by atoms with Gasteiger partial charge in [-0.3, -0.25) is 0 Å². The van der Waals surface area contributed by atoms with Crippen molar-refractivity contribution in [3.8, 4) is 0 Å². The van der Waals surface area contributed by atoms with Gasteiger partial charge >= 0.3 is 0 Å². The molecule has 0 heterocycles. The molecule has 50 valence electrons. The van der Waals surface area contributed by atoms with Crippen molar-refractivity contribution in [2.45, 2.75) is 12.0 Å². The van der Waals surface area contributed by atoms with Gasteiger partial charge < -0.3 is 26.2 Å². The summed E-state index contributed by atoms with van der Waals surface area (Å²) in [6.07, 6.45) is 0. The van der Waals surface area contributed by atoms with Gasteiger partial charge in [0.2, 0.25) is 0 Å². The highest BCUT2D eigenvalue weighted by Gasteiger charge is 2.27. The van der Waals surface area contributed by atoms with Gasteiger partial charge in [0.05, 0.1) is 6.61 Å². The topological polar surface area (TPSA) is 107 Å². The standard InChI is InChI=1S/C3H9NO4/c4-2(1-5)3(6,7)8/h2,5-8H,1,4H2/t2-/m0/s1. The molecule has 0 radical (unpaired) electrons. The molecule has 0 saturated carbocycles. The molecular weight excluding hydrogens is 114 g/mol. The van der Waals surface area contributed by atoms with Crippen molar-refractivity contribution in [3.63, 3.8) is 0 Å². The zero-order chi connectivity index (χ0) is 6.78. The van der Waals surface area contributed by atoms with Crippen LogP contribution in [0.4, 0.5) is 0 Å². The van der Waals surface area contributed by atoms with E-state index in [0.29, 0.717) is 0 Å². The van der Waals surface area contributed by atoms with Crippen LogP contribution in [0.1, 0.15) is 0 Å². The van der Waals surface area contributed by atoms with Crippen LogP contribution in [0.2, 0.25) is 0 Å². The SMILES string of the molecule is N[C@@H](CO)C(O)(O)O. The van der Waals surface area contributed by atoms with E-state index in [2.05, 4.69) is 0 Å². The second-order valence-electron chi connectivity index (χ2n) is 1.48. The van der Waals surface area contributed by atoms with E-state index in [9.17, 15) is 0 Å². The predicted octanol–water partition coefficient (Wildman–Crippen LogP) is -3.06. The molecule has 0 aromatic carbocycles. The predicted molar refractivity (Wildman–Crippen MR) is 24.4 cm³/mol. The molecule has 0 saturated heterocycles. The van der Waals surface area contributed by atoms with Gasteiger partial charge in [-0.15, -0.1) is 0 Å². The summed E-state index contributed by atoms with van der Waals surface area (Å²) in [6.45, 7) is -0.677. The van der Waals surface area contributed by atoms with Crippen LogP contribution in [-0.2, 0) is 0 Å². The summed E-state index contributed by atoms with van der Waals surface area (Å²) in [5.41, 5.74) is 4.75. The number of hydrogen-bond acceptors (Lipinski definition) is 5. The maximum Gasteiger partial charge on any atom is 0.293 e. The highest BCUT2D eigenvalue weighted by Crippen LogP contribution is 1.95. The molecule has 0 aromatic heterocycles. The highest BCUT2D eigenvalue weighted by molar-refractivity contribution is 4.65. The summed E-state index contributed by atoms with van der Waals surface area (Å²) in [4.78, 5) is 0. The fourth-order valence-electron chi connectivity index (χ4n) is 0.122. The highest BCUT2D eigenvalue weighted by atomic mass is 16.7. The van der Waals surface area contributed by atoms with Gasteiger partial charge in [0.25, 0.3) is 5.97 Å². The van der Waals surface area contributed by atoms with Crippen molar-refractivity contribution in [1.29, 1.82) is 0 Å². The molecular formula is C3H9NO4. The first-order chi connectivity index (χ1) is 3.48. The molecule has 0 unspecified atom stereocenters. The molecule has 0 aliphatic carbocycles. The van der Waals surface area contributed by atoms with E-state index in [1.807, 2.05) is 0 Å². The van der Waals surface area contributed by atoms with Crippen LogP contribution in [0.3, 0.4) is 0 Å². The molecule has 8 heavy (non-hydrogen) atoms. The molecule has 0 rings (SSSR count). The normalized spacial score (nSPS) is 16.1. The molecule has 0 aromatic rings.